The average molecular weight is 345 g/mol. The zero-order valence-electron chi connectivity index (χ0n) is 12.5. The highest BCUT2D eigenvalue weighted by Gasteiger charge is 2.28. The lowest BCUT2D eigenvalue weighted by Crippen LogP contribution is -2.37. The Morgan fingerprint density at radius 3 is 2.96 bits per heavy atom. The Hall–Kier alpha value is -2.73. The van der Waals surface area contributed by atoms with Gasteiger partial charge in [-0.05, 0) is 24.3 Å². The number of halogens is 1. The molecule has 24 heavy (non-hydrogen) atoms. The normalized spacial score (nSPS) is 16.1. The second-order valence-electron chi connectivity index (χ2n) is 5.32. The summed E-state index contributed by atoms with van der Waals surface area (Å²) in [5.41, 5.74) is 1.36. The summed E-state index contributed by atoms with van der Waals surface area (Å²) >= 11 is 5.93. The Bertz CT molecular complexity index is 908. The van der Waals surface area contributed by atoms with Gasteiger partial charge in [0, 0.05) is 12.4 Å². The summed E-state index contributed by atoms with van der Waals surface area (Å²) in [6.07, 6.45) is 2.72. The van der Waals surface area contributed by atoms with Crippen molar-refractivity contribution < 1.29 is 19.0 Å². The summed E-state index contributed by atoms with van der Waals surface area (Å²) in [6.45, 7) is 0.177. The zero-order valence-corrected chi connectivity index (χ0v) is 13.3. The molecule has 0 fully saturated rings. The summed E-state index contributed by atoms with van der Waals surface area (Å²) < 4.78 is 18.2. The van der Waals surface area contributed by atoms with Crippen LogP contribution in [0.5, 0.6) is 11.5 Å². The number of para-hydroxylation sites is 2. The van der Waals surface area contributed by atoms with Gasteiger partial charge in [-0.1, -0.05) is 23.7 Å². The number of benzene rings is 1. The molecule has 1 unspecified atom stereocenters. The molecule has 1 aliphatic heterocycles. The summed E-state index contributed by atoms with van der Waals surface area (Å²) in [4.78, 5) is 16.5. The Labute approximate surface area is 142 Å². The van der Waals surface area contributed by atoms with E-state index in [2.05, 4.69) is 4.98 Å². The number of rotatable bonds is 3. The van der Waals surface area contributed by atoms with E-state index in [1.807, 2.05) is 12.1 Å². The van der Waals surface area contributed by atoms with E-state index in [1.54, 1.807) is 41.1 Å². The van der Waals surface area contributed by atoms with E-state index < -0.39 is 12.1 Å². The number of pyridine rings is 1. The molecule has 122 valence electrons. The van der Waals surface area contributed by atoms with E-state index >= 15 is 0 Å². The van der Waals surface area contributed by atoms with Gasteiger partial charge in [-0.15, -0.1) is 0 Å². The van der Waals surface area contributed by atoms with Gasteiger partial charge in [0.05, 0.1) is 10.7 Å². The molecule has 0 radical (unpaired) electrons. The number of carbonyl (C=O) groups excluding carboxylic acids is 1. The monoisotopic (exact) mass is 344 g/mol. The average Bonchev–Trinajstić information content (AvgIpc) is 3.01. The van der Waals surface area contributed by atoms with Crippen molar-refractivity contribution in [2.75, 3.05) is 6.61 Å². The predicted octanol–water partition coefficient (Wildman–Crippen LogP) is 2.87. The van der Waals surface area contributed by atoms with Crippen molar-refractivity contribution in [3.8, 4) is 11.5 Å². The maximum atomic E-state index is 12.2. The van der Waals surface area contributed by atoms with E-state index in [1.165, 1.54) is 0 Å². The van der Waals surface area contributed by atoms with Crippen molar-refractivity contribution in [2.24, 2.45) is 0 Å². The van der Waals surface area contributed by atoms with Gasteiger partial charge >= 0.3 is 5.97 Å². The van der Waals surface area contributed by atoms with Crippen molar-refractivity contribution in [1.82, 2.24) is 9.38 Å². The van der Waals surface area contributed by atoms with Crippen LogP contribution in [0.4, 0.5) is 0 Å². The fraction of sp³-hybridized carbons (Fsp3) is 0.176. The lowest BCUT2D eigenvalue weighted by atomic mass is 10.2. The van der Waals surface area contributed by atoms with Crippen LogP contribution in [0.3, 0.4) is 0 Å². The summed E-state index contributed by atoms with van der Waals surface area (Å²) in [5.74, 6) is 0.673. The molecule has 1 aromatic carbocycles. The minimum Gasteiger partial charge on any atom is -0.485 e. The van der Waals surface area contributed by atoms with E-state index in [0.29, 0.717) is 22.2 Å². The molecular formula is C17H13ClN2O4. The molecule has 4 rings (SSSR count). The summed E-state index contributed by atoms with van der Waals surface area (Å²) in [7, 11) is 0. The molecule has 1 aliphatic rings. The first-order valence-electron chi connectivity index (χ1n) is 7.37. The molecule has 3 aromatic rings. The number of hydrogen-bond acceptors (Lipinski definition) is 5. The first kappa shape index (κ1) is 14.8. The van der Waals surface area contributed by atoms with Crippen LogP contribution in [0.1, 0.15) is 5.69 Å². The third-order valence-electron chi connectivity index (χ3n) is 3.60. The Balaban J connectivity index is 1.41. The highest BCUT2D eigenvalue weighted by atomic mass is 35.5. The first-order valence-corrected chi connectivity index (χ1v) is 7.75. The van der Waals surface area contributed by atoms with Crippen LogP contribution in [0, 0.1) is 0 Å². The fourth-order valence-electron chi connectivity index (χ4n) is 2.46. The first-order chi connectivity index (χ1) is 11.7. The number of hydrogen-bond donors (Lipinski definition) is 0. The molecule has 0 bridgehead atoms. The third-order valence-corrected chi connectivity index (χ3v) is 3.82. The second kappa shape index (κ2) is 6.05. The molecule has 1 atom stereocenters. The van der Waals surface area contributed by atoms with Crippen LogP contribution < -0.4 is 9.47 Å². The molecule has 6 nitrogen and oxygen atoms in total. The fourth-order valence-corrected chi connectivity index (χ4v) is 2.63. The van der Waals surface area contributed by atoms with Crippen LogP contribution in [-0.4, -0.2) is 28.1 Å². The maximum Gasteiger partial charge on any atom is 0.351 e. The van der Waals surface area contributed by atoms with Gasteiger partial charge in [-0.25, -0.2) is 9.78 Å². The molecule has 0 N–H and O–H groups in total. The van der Waals surface area contributed by atoms with Crippen molar-refractivity contribution >= 4 is 23.2 Å². The smallest absolute Gasteiger partial charge is 0.351 e. The van der Waals surface area contributed by atoms with Gasteiger partial charge in [0.25, 0.3) is 0 Å². The quantitative estimate of drug-likeness (QED) is 0.684. The van der Waals surface area contributed by atoms with Crippen LogP contribution in [0.2, 0.25) is 5.02 Å². The second-order valence-corrected chi connectivity index (χ2v) is 5.75. The minimum absolute atomic E-state index is 0.0552. The zero-order chi connectivity index (χ0) is 16.5. The number of nitrogens with zero attached hydrogens (tertiary/aromatic N) is 2. The van der Waals surface area contributed by atoms with Gasteiger partial charge < -0.3 is 18.6 Å². The van der Waals surface area contributed by atoms with Crippen LogP contribution in [-0.2, 0) is 16.1 Å². The van der Waals surface area contributed by atoms with Crippen molar-refractivity contribution in [3.05, 3.63) is 59.5 Å². The topological polar surface area (TPSA) is 62.1 Å². The molecule has 3 heterocycles. The summed E-state index contributed by atoms with van der Waals surface area (Å²) in [5, 5.41) is 0.606. The van der Waals surface area contributed by atoms with Crippen LogP contribution in [0.25, 0.3) is 5.65 Å². The lowest BCUT2D eigenvalue weighted by Gasteiger charge is -2.24. The van der Waals surface area contributed by atoms with E-state index in [9.17, 15) is 4.79 Å². The number of esters is 1. The Kier molecular flexibility index (Phi) is 3.74. The van der Waals surface area contributed by atoms with Gasteiger partial charge in [-0.2, -0.15) is 0 Å². The molecule has 0 saturated heterocycles. The maximum absolute atomic E-state index is 12.2. The molecule has 0 aliphatic carbocycles. The van der Waals surface area contributed by atoms with Crippen molar-refractivity contribution in [2.45, 2.75) is 12.7 Å². The molecule has 7 heteroatoms. The third kappa shape index (κ3) is 2.88. The number of fused-ring (bicyclic) bond motifs is 2. The Morgan fingerprint density at radius 2 is 2.08 bits per heavy atom. The van der Waals surface area contributed by atoms with Gasteiger partial charge in [-0.3, -0.25) is 0 Å². The highest BCUT2D eigenvalue weighted by Crippen LogP contribution is 2.31. The molecule has 0 spiro atoms. The van der Waals surface area contributed by atoms with Crippen LogP contribution in [0.15, 0.2) is 48.8 Å². The van der Waals surface area contributed by atoms with Gasteiger partial charge in [0.15, 0.2) is 11.5 Å². The standard InChI is InChI=1S/C17H13ClN2O4/c18-11-5-6-16-19-12(8-20(16)7-11)9-23-17(21)15-10-22-13-3-1-2-4-14(13)24-15/h1-8,15H,9-10H2. The van der Waals surface area contributed by atoms with Gasteiger partial charge in [0.2, 0.25) is 6.10 Å². The number of imidazole rings is 1. The minimum atomic E-state index is -0.786. The lowest BCUT2D eigenvalue weighted by molar-refractivity contribution is -0.156. The summed E-state index contributed by atoms with van der Waals surface area (Å²) in [6, 6.07) is 10.8. The number of carbonyl (C=O) groups is 1. The van der Waals surface area contributed by atoms with E-state index in [-0.39, 0.29) is 13.2 Å². The van der Waals surface area contributed by atoms with Gasteiger partial charge in [0.1, 0.15) is 18.9 Å². The highest BCUT2D eigenvalue weighted by molar-refractivity contribution is 6.30. The van der Waals surface area contributed by atoms with Crippen molar-refractivity contribution in [3.63, 3.8) is 0 Å². The SMILES string of the molecule is O=C(OCc1cn2cc(Cl)ccc2n1)C1COc2ccccc2O1. The molecular weight excluding hydrogens is 332 g/mol. The molecule has 0 saturated carbocycles. The predicted molar refractivity (Wildman–Crippen MR) is 86.4 cm³/mol. The molecule has 2 aromatic heterocycles. The number of aromatic nitrogens is 2. The van der Waals surface area contributed by atoms with E-state index in [0.717, 1.165) is 5.65 Å². The van der Waals surface area contributed by atoms with E-state index in [4.69, 9.17) is 25.8 Å². The van der Waals surface area contributed by atoms with Crippen molar-refractivity contribution in [1.29, 1.82) is 0 Å². The van der Waals surface area contributed by atoms with Crippen LogP contribution >= 0.6 is 11.6 Å². The number of ether oxygens (including phenoxy) is 3. The Morgan fingerprint density at radius 1 is 1.25 bits per heavy atom. The largest absolute Gasteiger partial charge is 0.485 e. The molecule has 0 amide bonds.